The van der Waals surface area contributed by atoms with Gasteiger partial charge in [0.2, 0.25) is 11.8 Å². The molecule has 0 aromatic carbocycles. The van der Waals surface area contributed by atoms with Gasteiger partial charge in [-0.3, -0.25) is 9.59 Å². The standard InChI is InChI=1S/C28H52N2O2/c1-3-29(25-19-13-11-14-20-25)27(31)23-17-9-7-5-6-8-10-18-24-28(32)30(4-2)26-21-15-12-16-22-26/h25-26H,3-24H2,1-2H3. The van der Waals surface area contributed by atoms with Gasteiger partial charge in [-0.15, -0.1) is 0 Å². The molecule has 0 spiro atoms. The maximum atomic E-state index is 12.6. The molecule has 2 saturated carbocycles. The van der Waals surface area contributed by atoms with Crippen molar-refractivity contribution in [1.29, 1.82) is 0 Å². The lowest BCUT2D eigenvalue weighted by Gasteiger charge is -2.33. The molecule has 2 amide bonds. The minimum atomic E-state index is 0.387. The second-order valence-electron chi connectivity index (χ2n) is 10.3. The van der Waals surface area contributed by atoms with E-state index in [2.05, 4.69) is 23.6 Å². The van der Waals surface area contributed by atoms with Gasteiger partial charge in [-0.05, 0) is 52.4 Å². The van der Waals surface area contributed by atoms with Crippen LogP contribution in [0.1, 0.15) is 142 Å². The zero-order valence-corrected chi connectivity index (χ0v) is 21.4. The average Bonchev–Trinajstić information content (AvgIpc) is 2.82. The van der Waals surface area contributed by atoms with Crippen LogP contribution in [0.25, 0.3) is 0 Å². The van der Waals surface area contributed by atoms with E-state index in [1.165, 1.54) is 103 Å². The van der Waals surface area contributed by atoms with Crippen molar-refractivity contribution < 1.29 is 9.59 Å². The van der Waals surface area contributed by atoms with Gasteiger partial charge in [0, 0.05) is 38.0 Å². The van der Waals surface area contributed by atoms with Crippen LogP contribution in [0, 0.1) is 0 Å². The molecule has 4 heteroatoms. The van der Waals surface area contributed by atoms with E-state index in [9.17, 15) is 9.59 Å². The highest BCUT2D eigenvalue weighted by Gasteiger charge is 2.24. The van der Waals surface area contributed by atoms with E-state index in [1.54, 1.807) is 0 Å². The lowest BCUT2D eigenvalue weighted by molar-refractivity contribution is -0.134. The van der Waals surface area contributed by atoms with Crippen molar-refractivity contribution in [2.45, 2.75) is 154 Å². The first-order valence-electron chi connectivity index (χ1n) is 14.3. The average molecular weight is 449 g/mol. The number of unbranched alkanes of at least 4 members (excludes halogenated alkanes) is 7. The van der Waals surface area contributed by atoms with Crippen molar-refractivity contribution in [3.63, 3.8) is 0 Å². The van der Waals surface area contributed by atoms with E-state index in [1.807, 2.05) is 0 Å². The first kappa shape index (κ1) is 27.2. The van der Waals surface area contributed by atoms with Crippen molar-refractivity contribution >= 4 is 11.8 Å². The molecule has 186 valence electrons. The number of hydrogen-bond donors (Lipinski definition) is 0. The number of hydrogen-bond acceptors (Lipinski definition) is 2. The summed E-state index contributed by atoms with van der Waals surface area (Å²) < 4.78 is 0. The zero-order valence-electron chi connectivity index (χ0n) is 21.4. The summed E-state index contributed by atoms with van der Waals surface area (Å²) in [6.07, 6.45) is 23.6. The molecule has 0 aromatic rings. The van der Waals surface area contributed by atoms with Gasteiger partial charge < -0.3 is 9.80 Å². The van der Waals surface area contributed by atoms with Crippen LogP contribution in [0.15, 0.2) is 0 Å². The largest absolute Gasteiger partial charge is 0.340 e. The minimum absolute atomic E-state index is 0.387. The summed E-state index contributed by atoms with van der Waals surface area (Å²) >= 11 is 0. The van der Waals surface area contributed by atoms with E-state index in [0.717, 1.165) is 38.8 Å². The van der Waals surface area contributed by atoms with Gasteiger partial charge in [-0.2, -0.15) is 0 Å². The van der Waals surface area contributed by atoms with Crippen molar-refractivity contribution in [1.82, 2.24) is 9.80 Å². The third-order valence-electron chi connectivity index (χ3n) is 7.88. The predicted molar refractivity (Wildman–Crippen MR) is 135 cm³/mol. The lowest BCUT2D eigenvalue weighted by atomic mass is 9.94. The second-order valence-corrected chi connectivity index (χ2v) is 10.3. The van der Waals surface area contributed by atoms with Gasteiger partial charge >= 0.3 is 0 Å². The molecule has 0 heterocycles. The van der Waals surface area contributed by atoms with Crippen molar-refractivity contribution in [3.05, 3.63) is 0 Å². The summed E-state index contributed by atoms with van der Waals surface area (Å²) in [7, 11) is 0. The Morgan fingerprint density at radius 3 is 1.16 bits per heavy atom. The van der Waals surface area contributed by atoms with Crippen molar-refractivity contribution in [2.24, 2.45) is 0 Å². The SMILES string of the molecule is CCN(C(=O)CCCCCCCCCCC(=O)N(CC)C1CCCCC1)C1CCCCC1. The molecule has 0 radical (unpaired) electrons. The Kier molecular flexibility index (Phi) is 14.0. The molecule has 2 aliphatic carbocycles. The minimum Gasteiger partial charge on any atom is -0.340 e. The van der Waals surface area contributed by atoms with Gasteiger partial charge in [-0.25, -0.2) is 0 Å². The van der Waals surface area contributed by atoms with Gasteiger partial charge in [0.15, 0.2) is 0 Å². The van der Waals surface area contributed by atoms with E-state index in [0.29, 0.717) is 23.9 Å². The molecule has 2 aliphatic rings. The van der Waals surface area contributed by atoms with Gasteiger partial charge in [-0.1, -0.05) is 77.0 Å². The summed E-state index contributed by atoms with van der Waals surface area (Å²) in [4.78, 5) is 29.5. The molecule has 0 unspecified atom stereocenters. The van der Waals surface area contributed by atoms with Crippen molar-refractivity contribution in [3.8, 4) is 0 Å². The molecule has 2 rings (SSSR count). The Morgan fingerprint density at radius 2 is 0.844 bits per heavy atom. The molecule has 2 fully saturated rings. The summed E-state index contributed by atoms with van der Waals surface area (Å²) in [5.74, 6) is 0.775. The first-order chi connectivity index (χ1) is 15.7. The van der Waals surface area contributed by atoms with Crippen LogP contribution >= 0.6 is 0 Å². The summed E-state index contributed by atoms with van der Waals surface area (Å²) in [6, 6.07) is 1.03. The number of nitrogens with zero attached hydrogens (tertiary/aromatic N) is 2. The molecule has 0 N–H and O–H groups in total. The van der Waals surface area contributed by atoms with E-state index < -0.39 is 0 Å². The zero-order chi connectivity index (χ0) is 23.0. The third kappa shape index (κ3) is 9.83. The van der Waals surface area contributed by atoms with Crippen LogP contribution in [-0.2, 0) is 9.59 Å². The lowest BCUT2D eigenvalue weighted by Crippen LogP contribution is -2.41. The number of carbonyl (C=O) groups excluding carboxylic acids is 2. The Labute approximate surface area is 198 Å². The highest BCUT2D eigenvalue weighted by molar-refractivity contribution is 5.76. The fourth-order valence-electron chi connectivity index (χ4n) is 5.96. The molecular weight excluding hydrogens is 396 g/mol. The Morgan fingerprint density at radius 1 is 0.531 bits per heavy atom. The smallest absolute Gasteiger partial charge is 0.222 e. The molecular formula is C28H52N2O2. The van der Waals surface area contributed by atoms with E-state index >= 15 is 0 Å². The van der Waals surface area contributed by atoms with Crippen LogP contribution < -0.4 is 0 Å². The quantitative estimate of drug-likeness (QED) is 0.248. The molecule has 0 aromatic heterocycles. The topological polar surface area (TPSA) is 40.6 Å². The van der Waals surface area contributed by atoms with Crippen LogP contribution in [-0.4, -0.2) is 46.8 Å². The maximum absolute atomic E-state index is 12.6. The van der Waals surface area contributed by atoms with Crippen LogP contribution in [0.2, 0.25) is 0 Å². The highest BCUT2D eigenvalue weighted by Crippen LogP contribution is 2.24. The van der Waals surface area contributed by atoms with Crippen LogP contribution in [0.4, 0.5) is 0 Å². The van der Waals surface area contributed by atoms with E-state index in [4.69, 9.17) is 0 Å². The summed E-state index contributed by atoms with van der Waals surface area (Å²) in [6.45, 7) is 6.02. The second kappa shape index (κ2) is 16.5. The van der Waals surface area contributed by atoms with E-state index in [-0.39, 0.29) is 0 Å². The Bertz CT molecular complexity index is 464. The fraction of sp³-hybridized carbons (Fsp3) is 0.929. The molecule has 0 aliphatic heterocycles. The summed E-state index contributed by atoms with van der Waals surface area (Å²) in [5, 5.41) is 0. The van der Waals surface area contributed by atoms with Gasteiger partial charge in [0.1, 0.15) is 0 Å². The fourth-order valence-corrected chi connectivity index (χ4v) is 5.96. The number of amides is 2. The molecule has 0 saturated heterocycles. The summed E-state index contributed by atoms with van der Waals surface area (Å²) in [5.41, 5.74) is 0. The molecule has 4 nitrogen and oxygen atoms in total. The van der Waals surface area contributed by atoms with Gasteiger partial charge in [0.05, 0.1) is 0 Å². The maximum Gasteiger partial charge on any atom is 0.222 e. The highest BCUT2D eigenvalue weighted by atomic mass is 16.2. The Balaban J connectivity index is 1.44. The molecule has 32 heavy (non-hydrogen) atoms. The van der Waals surface area contributed by atoms with Gasteiger partial charge in [0.25, 0.3) is 0 Å². The number of carbonyl (C=O) groups is 2. The molecule has 0 bridgehead atoms. The van der Waals surface area contributed by atoms with Crippen LogP contribution in [0.3, 0.4) is 0 Å². The predicted octanol–water partition coefficient (Wildman–Crippen LogP) is 7.25. The third-order valence-corrected chi connectivity index (χ3v) is 7.88. The normalized spacial score (nSPS) is 17.9. The first-order valence-corrected chi connectivity index (χ1v) is 14.3. The monoisotopic (exact) mass is 448 g/mol. The van der Waals surface area contributed by atoms with Crippen LogP contribution in [0.5, 0.6) is 0 Å². The number of rotatable bonds is 15. The van der Waals surface area contributed by atoms with Crippen molar-refractivity contribution in [2.75, 3.05) is 13.1 Å². The molecule has 0 atom stereocenters. The Hall–Kier alpha value is -1.06.